The molecule has 0 aliphatic carbocycles. The Morgan fingerprint density at radius 1 is 1.14 bits per heavy atom. The standard InChI is InChI=1S/C17H19FN2O/c1-11-4-9-15(16(18)10-11)17(21)20-14-7-5-13(6-8-14)12(2)19-3/h4-10,12,19H,1-3H3,(H,20,21). The fourth-order valence-corrected chi connectivity index (χ4v) is 2.02. The first-order valence-corrected chi connectivity index (χ1v) is 6.86. The number of amides is 1. The summed E-state index contributed by atoms with van der Waals surface area (Å²) in [6.45, 7) is 3.84. The molecular formula is C17H19FN2O. The monoisotopic (exact) mass is 286 g/mol. The number of benzene rings is 2. The third-order valence-electron chi connectivity index (χ3n) is 3.47. The minimum atomic E-state index is -0.507. The van der Waals surface area contributed by atoms with Crippen LogP contribution >= 0.6 is 0 Å². The molecule has 2 rings (SSSR count). The second-order valence-electron chi connectivity index (χ2n) is 5.07. The molecule has 4 heteroatoms. The smallest absolute Gasteiger partial charge is 0.258 e. The van der Waals surface area contributed by atoms with Gasteiger partial charge < -0.3 is 10.6 Å². The van der Waals surface area contributed by atoms with Gasteiger partial charge in [0.1, 0.15) is 5.82 Å². The lowest BCUT2D eigenvalue weighted by molar-refractivity contribution is 0.102. The van der Waals surface area contributed by atoms with Gasteiger partial charge in [-0.25, -0.2) is 4.39 Å². The highest BCUT2D eigenvalue weighted by atomic mass is 19.1. The van der Waals surface area contributed by atoms with Gasteiger partial charge in [0.05, 0.1) is 5.56 Å². The van der Waals surface area contributed by atoms with Crippen LogP contribution < -0.4 is 10.6 Å². The largest absolute Gasteiger partial charge is 0.322 e. The predicted molar refractivity (Wildman–Crippen MR) is 83.0 cm³/mol. The molecule has 0 spiro atoms. The van der Waals surface area contributed by atoms with E-state index in [-0.39, 0.29) is 11.6 Å². The molecular weight excluding hydrogens is 267 g/mol. The fourth-order valence-electron chi connectivity index (χ4n) is 2.02. The zero-order valence-corrected chi connectivity index (χ0v) is 12.4. The van der Waals surface area contributed by atoms with Crippen LogP contribution in [0.4, 0.5) is 10.1 Å². The van der Waals surface area contributed by atoms with Crippen molar-refractivity contribution in [1.82, 2.24) is 5.32 Å². The summed E-state index contributed by atoms with van der Waals surface area (Å²) < 4.78 is 13.8. The van der Waals surface area contributed by atoms with Gasteiger partial charge >= 0.3 is 0 Å². The highest BCUT2D eigenvalue weighted by Crippen LogP contribution is 2.17. The van der Waals surface area contributed by atoms with E-state index in [9.17, 15) is 9.18 Å². The lowest BCUT2D eigenvalue weighted by Gasteiger charge is -2.12. The summed E-state index contributed by atoms with van der Waals surface area (Å²) in [7, 11) is 1.89. The first-order chi connectivity index (χ1) is 10.0. The van der Waals surface area contributed by atoms with Gasteiger partial charge in [-0.2, -0.15) is 0 Å². The lowest BCUT2D eigenvalue weighted by Crippen LogP contribution is -2.15. The Balaban J connectivity index is 2.12. The van der Waals surface area contributed by atoms with Crippen LogP contribution in [-0.4, -0.2) is 13.0 Å². The van der Waals surface area contributed by atoms with Crippen molar-refractivity contribution in [3.05, 3.63) is 65.0 Å². The molecule has 2 aromatic carbocycles. The zero-order valence-electron chi connectivity index (χ0n) is 12.4. The van der Waals surface area contributed by atoms with Crippen LogP contribution in [0.1, 0.15) is 34.5 Å². The molecule has 21 heavy (non-hydrogen) atoms. The van der Waals surface area contributed by atoms with Crippen molar-refractivity contribution in [1.29, 1.82) is 0 Å². The molecule has 0 saturated heterocycles. The summed E-state index contributed by atoms with van der Waals surface area (Å²) in [6.07, 6.45) is 0. The minimum Gasteiger partial charge on any atom is -0.322 e. The molecule has 0 fully saturated rings. The SMILES string of the molecule is CNC(C)c1ccc(NC(=O)c2ccc(C)cc2F)cc1. The molecule has 0 aliphatic rings. The number of hydrogen-bond acceptors (Lipinski definition) is 2. The van der Waals surface area contributed by atoms with E-state index in [2.05, 4.69) is 17.6 Å². The highest BCUT2D eigenvalue weighted by Gasteiger charge is 2.12. The molecule has 1 amide bonds. The second kappa shape index (κ2) is 6.50. The van der Waals surface area contributed by atoms with Crippen LogP contribution in [-0.2, 0) is 0 Å². The number of halogens is 1. The maximum Gasteiger partial charge on any atom is 0.258 e. The molecule has 2 aromatic rings. The van der Waals surface area contributed by atoms with Crippen molar-refractivity contribution < 1.29 is 9.18 Å². The van der Waals surface area contributed by atoms with Gasteiger partial charge in [-0.1, -0.05) is 18.2 Å². The van der Waals surface area contributed by atoms with Crippen LogP contribution in [0.15, 0.2) is 42.5 Å². The van der Waals surface area contributed by atoms with Crippen molar-refractivity contribution >= 4 is 11.6 Å². The highest BCUT2D eigenvalue weighted by molar-refractivity contribution is 6.04. The van der Waals surface area contributed by atoms with E-state index in [0.29, 0.717) is 5.69 Å². The predicted octanol–water partition coefficient (Wildman–Crippen LogP) is 3.67. The van der Waals surface area contributed by atoms with Crippen LogP contribution in [0.25, 0.3) is 0 Å². The number of aryl methyl sites for hydroxylation is 1. The molecule has 0 saturated carbocycles. The summed E-state index contributed by atoms with van der Waals surface area (Å²) >= 11 is 0. The Bertz CT molecular complexity index is 638. The topological polar surface area (TPSA) is 41.1 Å². The Labute approximate surface area is 124 Å². The molecule has 110 valence electrons. The average Bonchev–Trinajstić information content (AvgIpc) is 2.47. The Kier molecular flexibility index (Phi) is 4.70. The van der Waals surface area contributed by atoms with Crippen molar-refractivity contribution in [3.63, 3.8) is 0 Å². The summed E-state index contributed by atoms with van der Waals surface area (Å²) in [4.78, 5) is 12.1. The van der Waals surface area contributed by atoms with E-state index in [1.807, 2.05) is 31.3 Å². The quantitative estimate of drug-likeness (QED) is 0.900. The van der Waals surface area contributed by atoms with E-state index >= 15 is 0 Å². The van der Waals surface area contributed by atoms with E-state index in [0.717, 1.165) is 11.1 Å². The molecule has 3 nitrogen and oxygen atoms in total. The summed E-state index contributed by atoms with van der Waals surface area (Å²) in [5.74, 6) is -0.949. The number of carbonyl (C=O) groups excluding carboxylic acids is 1. The van der Waals surface area contributed by atoms with Gasteiger partial charge in [-0.05, 0) is 56.3 Å². The van der Waals surface area contributed by atoms with Gasteiger partial charge in [0.25, 0.3) is 5.91 Å². The molecule has 0 aliphatic heterocycles. The summed E-state index contributed by atoms with van der Waals surface area (Å²) in [5, 5.41) is 5.85. The zero-order chi connectivity index (χ0) is 15.4. The van der Waals surface area contributed by atoms with Gasteiger partial charge in [-0.3, -0.25) is 4.79 Å². The molecule has 1 unspecified atom stereocenters. The first kappa shape index (κ1) is 15.2. The lowest BCUT2D eigenvalue weighted by atomic mass is 10.1. The van der Waals surface area contributed by atoms with Crippen molar-refractivity contribution in [2.45, 2.75) is 19.9 Å². The Morgan fingerprint density at radius 3 is 2.38 bits per heavy atom. The van der Waals surface area contributed by atoms with E-state index < -0.39 is 11.7 Å². The number of nitrogens with one attached hydrogen (secondary N) is 2. The molecule has 0 bridgehead atoms. The maximum atomic E-state index is 13.8. The second-order valence-corrected chi connectivity index (χ2v) is 5.07. The number of anilines is 1. The third-order valence-corrected chi connectivity index (χ3v) is 3.47. The Hall–Kier alpha value is -2.20. The maximum absolute atomic E-state index is 13.8. The molecule has 1 atom stereocenters. The number of hydrogen-bond donors (Lipinski definition) is 2. The number of rotatable bonds is 4. The fraction of sp³-hybridized carbons (Fsp3) is 0.235. The van der Waals surface area contributed by atoms with Gasteiger partial charge in [0, 0.05) is 11.7 Å². The molecule has 0 radical (unpaired) electrons. The van der Waals surface area contributed by atoms with Gasteiger partial charge in [0.15, 0.2) is 0 Å². The van der Waals surface area contributed by atoms with E-state index in [4.69, 9.17) is 0 Å². The molecule has 2 N–H and O–H groups in total. The molecule has 0 aromatic heterocycles. The van der Waals surface area contributed by atoms with Crippen LogP contribution in [0.2, 0.25) is 0 Å². The molecule has 0 heterocycles. The summed E-state index contributed by atoms with van der Waals surface area (Å²) in [6, 6.07) is 12.3. The number of carbonyl (C=O) groups is 1. The van der Waals surface area contributed by atoms with E-state index in [1.54, 1.807) is 13.0 Å². The van der Waals surface area contributed by atoms with Crippen LogP contribution in [0.3, 0.4) is 0 Å². The third kappa shape index (κ3) is 3.67. The van der Waals surface area contributed by atoms with E-state index in [1.165, 1.54) is 12.1 Å². The first-order valence-electron chi connectivity index (χ1n) is 6.86. The summed E-state index contributed by atoms with van der Waals surface area (Å²) in [5.41, 5.74) is 2.60. The normalized spacial score (nSPS) is 12.0. The average molecular weight is 286 g/mol. The Morgan fingerprint density at radius 2 is 1.81 bits per heavy atom. The van der Waals surface area contributed by atoms with Crippen molar-refractivity contribution in [3.8, 4) is 0 Å². The van der Waals surface area contributed by atoms with Crippen LogP contribution in [0.5, 0.6) is 0 Å². The van der Waals surface area contributed by atoms with Crippen molar-refractivity contribution in [2.24, 2.45) is 0 Å². The van der Waals surface area contributed by atoms with Crippen LogP contribution in [0, 0.1) is 12.7 Å². The van der Waals surface area contributed by atoms with Gasteiger partial charge in [-0.15, -0.1) is 0 Å². The minimum absolute atomic E-state index is 0.0493. The van der Waals surface area contributed by atoms with Crippen molar-refractivity contribution in [2.75, 3.05) is 12.4 Å². The van der Waals surface area contributed by atoms with Gasteiger partial charge in [0.2, 0.25) is 0 Å².